The van der Waals surface area contributed by atoms with Gasteiger partial charge in [-0.05, 0) is 19.1 Å². The molecule has 0 spiro atoms. The molecular weight excluding hydrogens is 174 g/mol. The molecule has 2 atom stereocenters. The van der Waals surface area contributed by atoms with E-state index in [0.717, 1.165) is 5.69 Å². The lowest BCUT2D eigenvalue weighted by Gasteiger charge is -2.10. The molecule has 0 aliphatic rings. The first-order valence-electron chi connectivity index (χ1n) is 3.61. The molecule has 2 N–H and O–H groups in total. The third kappa shape index (κ3) is 2.64. The maximum absolute atomic E-state index is 10.6. The molecule has 66 valence electrons. The van der Waals surface area contributed by atoms with E-state index in [1.165, 1.54) is 0 Å². The van der Waals surface area contributed by atoms with Crippen LogP contribution >= 0.6 is 0 Å². The van der Waals surface area contributed by atoms with E-state index in [2.05, 4.69) is 5.32 Å². The molecule has 0 fully saturated rings. The summed E-state index contributed by atoms with van der Waals surface area (Å²) in [6.45, 7) is 1.66. The molecule has 0 radical (unpaired) electrons. The van der Waals surface area contributed by atoms with Gasteiger partial charge in [0.2, 0.25) is 0 Å². The standard InChI is InChI=1S/C8H11NO2S/c1-7(12(10)11)9-8-5-3-2-4-6-8/h2-7,9H,1H3,(H,10,11). The Morgan fingerprint density at radius 3 is 2.50 bits per heavy atom. The lowest BCUT2D eigenvalue weighted by molar-refractivity contribution is 0.556. The Labute approximate surface area is 74.1 Å². The zero-order valence-electron chi connectivity index (χ0n) is 6.73. The molecule has 3 nitrogen and oxygen atoms in total. The largest absolute Gasteiger partial charge is 0.369 e. The Balaban J connectivity index is 2.58. The van der Waals surface area contributed by atoms with Crippen LogP contribution < -0.4 is 5.32 Å². The highest BCUT2D eigenvalue weighted by Gasteiger charge is 2.05. The van der Waals surface area contributed by atoms with E-state index in [1.807, 2.05) is 30.3 Å². The molecule has 0 aliphatic heterocycles. The van der Waals surface area contributed by atoms with Crippen LogP contribution in [-0.2, 0) is 11.1 Å². The van der Waals surface area contributed by atoms with Crippen LogP contribution in [-0.4, -0.2) is 14.1 Å². The molecule has 0 bridgehead atoms. The summed E-state index contributed by atoms with van der Waals surface area (Å²) < 4.78 is 19.2. The van der Waals surface area contributed by atoms with E-state index < -0.39 is 16.5 Å². The topological polar surface area (TPSA) is 49.3 Å². The van der Waals surface area contributed by atoms with Crippen LogP contribution in [0.25, 0.3) is 0 Å². The fourth-order valence-corrected chi connectivity index (χ4v) is 1.06. The number of rotatable bonds is 3. The molecule has 0 aliphatic carbocycles. The number of nitrogens with one attached hydrogen (secondary N) is 1. The highest BCUT2D eigenvalue weighted by molar-refractivity contribution is 7.80. The molecule has 0 saturated carbocycles. The smallest absolute Gasteiger partial charge is 0.175 e. The number of hydrogen-bond acceptors (Lipinski definition) is 2. The molecular formula is C8H11NO2S. The summed E-state index contributed by atoms with van der Waals surface area (Å²) in [7, 11) is 0. The van der Waals surface area contributed by atoms with Gasteiger partial charge in [-0.25, -0.2) is 4.21 Å². The molecule has 4 heteroatoms. The second-order valence-corrected chi connectivity index (χ2v) is 3.69. The predicted molar refractivity (Wildman–Crippen MR) is 50.3 cm³/mol. The number of para-hydroxylation sites is 1. The molecule has 1 aromatic rings. The normalized spacial score (nSPS) is 15.2. The molecule has 0 amide bonds. The van der Waals surface area contributed by atoms with Crippen molar-refractivity contribution >= 4 is 16.8 Å². The van der Waals surface area contributed by atoms with Gasteiger partial charge in [0.25, 0.3) is 0 Å². The molecule has 1 rings (SSSR count). The second-order valence-electron chi connectivity index (χ2n) is 2.43. The quantitative estimate of drug-likeness (QED) is 0.704. The minimum atomic E-state index is -1.82. The van der Waals surface area contributed by atoms with Gasteiger partial charge in [0.15, 0.2) is 11.1 Å². The Bertz CT molecular complexity index is 263. The first kappa shape index (κ1) is 9.22. The summed E-state index contributed by atoms with van der Waals surface area (Å²) in [5.74, 6) is 0. The van der Waals surface area contributed by atoms with E-state index in [1.54, 1.807) is 6.92 Å². The van der Waals surface area contributed by atoms with Crippen molar-refractivity contribution in [2.45, 2.75) is 12.3 Å². The molecule has 2 unspecified atom stereocenters. The average molecular weight is 185 g/mol. The van der Waals surface area contributed by atoms with Gasteiger partial charge < -0.3 is 9.87 Å². The minimum Gasteiger partial charge on any atom is -0.369 e. The summed E-state index contributed by atoms with van der Waals surface area (Å²) in [5, 5.41) is 2.45. The van der Waals surface area contributed by atoms with E-state index in [9.17, 15) is 4.21 Å². The van der Waals surface area contributed by atoms with E-state index in [-0.39, 0.29) is 0 Å². The lowest BCUT2D eigenvalue weighted by Crippen LogP contribution is -2.20. The summed E-state index contributed by atoms with van der Waals surface area (Å²) >= 11 is -1.82. The Morgan fingerprint density at radius 2 is 2.00 bits per heavy atom. The van der Waals surface area contributed by atoms with E-state index >= 15 is 0 Å². The summed E-state index contributed by atoms with van der Waals surface area (Å²) in [4.78, 5) is 0. The first-order chi connectivity index (χ1) is 5.70. The summed E-state index contributed by atoms with van der Waals surface area (Å²) in [6, 6.07) is 9.34. The fourth-order valence-electron chi connectivity index (χ4n) is 0.819. The number of hydrogen-bond donors (Lipinski definition) is 2. The van der Waals surface area contributed by atoms with Crippen LogP contribution in [0.5, 0.6) is 0 Å². The number of benzene rings is 1. The zero-order chi connectivity index (χ0) is 8.97. The Morgan fingerprint density at radius 1 is 1.42 bits per heavy atom. The van der Waals surface area contributed by atoms with Crippen LogP contribution in [0, 0.1) is 0 Å². The van der Waals surface area contributed by atoms with Gasteiger partial charge in [0, 0.05) is 5.69 Å². The minimum absolute atomic E-state index is 0.438. The van der Waals surface area contributed by atoms with E-state index in [0.29, 0.717) is 0 Å². The summed E-state index contributed by atoms with van der Waals surface area (Å²) in [6.07, 6.45) is 0. The van der Waals surface area contributed by atoms with Crippen molar-refractivity contribution < 1.29 is 8.76 Å². The van der Waals surface area contributed by atoms with Gasteiger partial charge in [0.1, 0.15) is 5.37 Å². The fraction of sp³-hybridized carbons (Fsp3) is 0.250. The summed E-state index contributed by atoms with van der Waals surface area (Å²) in [5.41, 5.74) is 0.854. The van der Waals surface area contributed by atoms with Crippen molar-refractivity contribution in [2.24, 2.45) is 0 Å². The predicted octanol–water partition coefficient (Wildman–Crippen LogP) is 1.67. The van der Waals surface area contributed by atoms with Gasteiger partial charge in [-0.1, -0.05) is 18.2 Å². The van der Waals surface area contributed by atoms with Crippen molar-refractivity contribution in [3.63, 3.8) is 0 Å². The van der Waals surface area contributed by atoms with Crippen molar-refractivity contribution in [3.05, 3.63) is 30.3 Å². The van der Waals surface area contributed by atoms with Gasteiger partial charge in [-0.2, -0.15) is 0 Å². The Hall–Kier alpha value is -0.870. The highest BCUT2D eigenvalue weighted by Crippen LogP contribution is 2.07. The van der Waals surface area contributed by atoms with Crippen molar-refractivity contribution in [1.29, 1.82) is 0 Å². The van der Waals surface area contributed by atoms with Crippen molar-refractivity contribution in [2.75, 3.05) is 5.32 Å². The van der Waals surface area contributed by atoms with E-state index in [4.69, 9.17) is 4.55 Å². The van der Waals surface area contributed by atoms with Crippen LogP contribution in [0.2, 0.25) is 0 Å². The lowest BCUT2D eigenvalue weighted by atomic mass is 10.3. The number of anilines is 1. The highest BCUT2D eigenvalue weighted by atomic mass is 32.2. The molecule has 0 saturated heterocycles. The van der Waals surface area contributed by atoms with Gasteiger partial charge in [-0.15, -0.1) is 0 Å². The first-order valence-corrected chi connectivity index (χ1v) is 4.78. The van der Waals surface area contributed by atoms with Gasteiger partial charge in [0.05, 0.1) is 0 Å². The maximum atomic E-state index is 10.6. The van der Waals surface area contributed by atoms with Gasteiger partial charge >= 0.3 is 0 Å². The molecule has 0 aromatic heterocycles. The monoisotopic (exact) mass is 185 g/mol. The van der Waals surface area contributed by atoms with Crippen molar-refractivity contribution in [3.8, 4) is 0 Å². The third-order valence-electron chi connectivity index (χ3n) is 1.45. The third-order valence-corrected chi connectivity index (χ3v) is 2.17. The van der Waals surface area contributed by atoms with Crippen LogP contribution in [0.15, 0.2) is 30.3 Å². The molecule has 1 aromatic carbocycles. The molecule has 12 heavy (non-hydrogen) atoms. The van der Waals surface area contributed by atoms with Crippen LogP contribution in [0.4, 0.5) is 5.69 Å². The average Bonchev–Trinajstić information content (AvgIpc) is 2.06. The van der Waals surface area contributed by atoms with Crippen molar-refractivity contribution in [1.82, 2.24) is 0 Å². The van der Waals surface area contributed by atoms with Crippen LogP contribution in [0.3, 0.4) is 0 Å². The van der Waals surface area contributed by atoms with Crippen LogP contribution in [0.1, 0.15) is 6.92 Å². The molecule has 0 heterocycles. The SMILES string of the molecule is CC(Nc1ccccc1)S(=O)O. The maximum Gasteiger partial charge on any atom is 0.175 e. The Kier molecular flexibility index (Phi) is 3.25. The second kappa shape index (κ2) is 4.23. The van der Waals surface area contributed by atoms with Gasteiger partial charge in [-0.3, -0.25) is 0 Å². The zero-order valence-corrected chi connectivity index (χ0v) is 7.54.